The number of hydrogen-bond donors (Lipinski definition) is 0. The van der Waals surface area contributed by atoms with E-state index in [0.29, 0.717) is 6.42 Å². The van der Waals surface area contributed by atoms with Crippen molar-refractivity contribution in [3.8, 4) is 5.75 Å². The normalized spacial score (nSPS) is 40.8. The lowest BCUT2D eigenvalue weighted by Crippen LogP contribution is -2.61. The van der Waals surface area contributed by atoms with Crippen LogP contribution in [0.1, 0.15) is 48.8 Å². The second-order valence-corrected chi connectivity index (χ2v) is 8.16. The molecular formula is C20H22N2O4. The van der Waals surface area contributed by atoms with Crippen molar-refractivity contribution in [3.63, 3.8) is 0 Å². The summed E-state index contributed by atoms with van der Waals surface area (Å²) in [6, 6.07) is 6.19. The van der Waals surface area contributed by atoms with Crippen LogP contribution < -0.4 is 4.74 Å². The lowest BCUT2D eigenvalue weighted by molar-refractivity contribution is -0.183. The summed E-state index contributed by atoms with van der Waals surface area (Å²) in [7, 11) is 3.46. The van der Waals surface area contributed by atoms with E-state index in [2.05, 4.69) is 16.9 Å². The van der Waals surface area contributed by atoms with Gasteiger partial charge in [-0.1, -0.05) is 6.07 Å². The molecular weight excluding hydrogens is 332 g/mol. The van der Waals surface area contributed by atoms with Gasteiger partial charge >= 0.3 is 6.21 Å². The number of benzene rings is 1. The Bertz CT molecular complexity index is 848. The van der Waals surface area contributed by atoms with Crippen molar-refractivity contribution in [3.05, 3.63) is 34.9 Å². The largest absolute Gasteiger partial charge is 0.497 e. The third-order valence-corrected chi connectivity index (χ3v) is 7.41. The van der Waals surface area contributed by atoms with E-state index in [0.717, 1.165) is 31.2 Å². The zero-order valence-corrected chi connectivity index (χ0v) is 15.0. The molecule has 4 fully saturated rings. The first-order valence-electron chi connectivity index (χ1n) is 9.17. The summed E-state index contributed by atoms with van der Waals surface area (Å²) < 4.78 is 18.1. The Kier molecular flexibility index (Phi) is 3.27. The fourth-order valence-corrected chi connectivity index (χ4v) is 6.53. The van der Waals surface area contributed by atoms with Gasteiger partial charge in [0, 0.05) is 19.4 Å². The smallest absolute Gasteiger partial charge is 0.323 e. The number of rotatable bonds is 5. The van der Waals surface area contributed by atoms with E-state index in [1.807, 2.05) is 6.07 Å². The van der Waals surface area contributed by atoms with Crippen LogP contribution in [0.25, 0.3) is 5.53 Å². The predicted octanol–water partition coefficient (Wildman–Crippen LogP) is 2.68. The topological polar surface area (TPSA) is 81.2 Å². The van der Waals surface area contributed by atoms with Gasteiger partial charge in [-0.15, -0.1) is 0 Å². The summed E-state index contributed by atoms with van der Waals surface area (Å²) in [6.45, 7) is 0. The Hall–Kier alpha value is -2.01. The number of carbonyl (C=O) groups is 1. The lowest BCUT2D eigenvalue weighted by atomic mass is 9.47. The number of hydrogen-bond acceptors (Lipinski definition) is 4. The van der Waals surface area contributed by atoms with Crippen LogP contribution in [0, 0.1) is 11.3 Å². The average Bonchev–Trinajstić information content (AvgIpc) is 3.10. The Labute approximate surface area is 152 Å². The zero-order chi connectivity index (χ0) is 18.1. The fourth-order valence-electron chi connectivity index (χ4n) is 6.53. The quantitative estimate of drug-likeness (QED) is 0.462. The van der Waals surface area contributed by atoms with Gasteiger partial charge in [0.2, 0.25) is 5.78 Å². The SMILES string of the molecule is COc1ccc2c(c1)C1C3[C@H]2OC2C[C@@]1(CC(=O)C=[N+]=[N-])CC[C@@]23OC. The molecule has 1 aromatic carbocycles. The molecule has 0 N–H and O–H groups in total. The minimum atomic E-state index is -0.266. The second kappa shape index (κ2) is 5.26. The molecule has 1 heterocycles. The molecule has 6 atom stereocenters. The maximum Gasteiger partial charge on any atom is 0.323 e. The van der Waals surface area contributed by atoms with Crippen molar-refractivity contribution in [2.24, 2.45) is 11.3 Å². The van der Waals surface area contributed by atoms with Gasteiger partial charge in [-0.25, -0.2) is 0 Å². The van der Waals surface area contributed by atoms with Gasteiger partial charge in [-0.2, -0.15) is 4.79 Å². The first kappa shape index (κ1) is 16.2. The van der Waals surface area contributed by atoms with Gasteiger partial charge < -0.3 is 19.7 Å². The molecule has 1 aliphatic heterocycles. The molecule has 0 radical (unpaired) electrons. The van der Waals surface area contributed by atoms with Gasteiger partial charge in [0.15, 0.2) is 0 Å². The van der Waals surface area contributed by atoms with Crippen LogP contribution in [-0.4, -0.2) is 42.7 Å². The molecule has 6 rings (SSSR count). The van der Waals surface area contributed by atoms with Crippen LogP contribution in [0.15, 0.2) is 18.2 Å². The van der Waals surface area contributed by atoms with Crippen molar-refractivity contribution in [2.45, 2.75) is 49.4 Å². The van der Waals surface area contributed by atoms with Gasteiger partial charge in [0.25, 0.3) is 0 Å². The number of methoxy groups -OCH3 is 2. The van der Waals surface area contributed by atoms with E-state index in [9.17, 15) is 4.79 Å². The predicted molar refractivity (Wildman–Crippen MR) is 92.2 cm³/mol. The van der Waals surface area contributed by atoms with Crippen molar-refractivity contribution in [1.29, 1.82) is 0 Å². The van der Waals surface area contributed by atoms with Crippen LogP contribution in [-0.2, 0) is 14.3 Å². The molecule has 136 valence electrons. The molecule has 1 aromatic rings. The van der Waals surface area contributed by atoms with Crippen LogP contribution in [0.3, 0.4) is 0 Å². The Morgan fingerprint density at radius 2 is 2.23 bits per heavy atom. The number of nitrogens with zero attached hydrogens (tertiary/aromatic N) is 2. The minimum Gasteiger partial charge on any atom is -0.497 e. The first-order chi connectivity index (χ1) is 12.6. The third kappa shape index (κ3) is 1.77. The van der Waals surface area contributed by atoms with Crippen LogP contribution in [0.4, 0.5) is 0 Å². The van der Waals surface area contributed by atoms with Gasteiger partial charge in [0.1, 0.15) is 11.4 Å². The van der Waals surface area contributed by atoms with E-state index < -0.39 is 0 Å². The number of carbonyl (C=O) groups excluding carboxylic acids is 1. The monoisotopic (exact) mass is 354 g/mol. The van der Waals surface area contributed by atoms with Crippen LogP contribution in [0.2, 0.25) is 0 Å². The van der Waals surface area contributed by atoms with E-state index in [1.54, 1.807) is 14.2 Å². The molecule has 0 amide bonds. The van der Waals surface area contributed by atoms with Crippen LogP contribution in [0.5, 0.6) is 5.75 Å². The standard InChI is InChI=1S/C20H22N2O4/c1-24-12-3-4-13-14(7-12)16-17-18(13)26-15-9-19(16,8-11(23)10-22-21)5-6-20(15,17)25-2/h3-4,7,10,15-18H,5-6,8-9H2,1-2H3/t15?,16?,17?,18-,19-,20+/m0/s1. The van der Waals surface area contributed by atoms with E-state index in [4.69, 9.17) is 19.7 Å². The minimum absolute atomic E-state index is 0.0154. The molecule has 6 heteroatoms. The van der Waals surface area contributed by atoms with Crippen molar-refractivity contribution >= 4 is 12.0 Å². The highest BCUT2D eigenvalue weighted by Crippen LogP contribution is 2.75. The molecule has 6 nitrogen and oxygen atoms in total. The molecule has 1 saturated heterocycles. The average molecular weight is 354 g/mol. The molecule has 5 aliphatic rings. The highest BCUT2D eigenvalue weighted by atomic mass is 16.6. The Morgan fingerprint density at radius 3 is 2.96 bits per heavy atom. The van der Waals surface area contributed by atoms with Gasteiger partial charge in [-0.05, 0) is 53.9 Å². The summed E-state index contributed by atoms with van der Waals surface area (Å²) >= 11 is 0. The van der Waals surface area contributed by atoms with Crippen molar-refractivity contribution in [1.82, 2.24) is 0 Å². The van der Waals surface area contributed by atoms with E-state index in [1.165, 1.54) is 11.1 Å². The molecule has 26 heavy (non-hydrogen) atoms. The molecule has 4 aliphatic carbocycles. The summed E-state index contributed by atoms with van der Waals surface area (Å²) in [6.07, 6.45) is 4.07. The van der Waals surface area contributed by atoms with E-state index in [-0.39, 0.29) is 40.8 Å². The van der Waals surface area contributed by atoms with Gasteiger partial charge in [0.05, 0.1) is 19.3 Å². The maximum absolute atomic E-state index is 12.4. The lowest BCUT2D eigenvalue weighted by Gasteiger charge is -2.59. The second-order valence-electron chi connectivity index (χ2n) is 8.16. The number of ether oxygens (including phenoxy) is 3. The third-order valence-electron chi connectivity index (χ3n) is 7.41. The molecule has 4 bridgehead atoms. The summed E-state index contributed by atoms with van der Waals surface area (Å²) in [5.41, 5.74) is 10.8. The first-order valence-corrected chi connectivity index (χ1v) is 9.17. The maximum atomic E-state index is 12.4. The van der Waals surface area contributed by atoms with Gasteiger partial charge in [-0.3, -0.25) is 4.79 Å². The highest BCUT2D eigenvalue weighted by Gasteiger charge is 2.74. The summed E-state index contributed by atoms with van der Waals surface area (Å²) in [4.78, 5) is 15.3. The van der Waals surface area contributed by atoms with E-state index >= 15 is 0 Å². The molecule has 3 unspecified atom stereocenters. The van der Waals surface area contributed by atoms with Crippen LogP contribution >= 0.6 is 0 Å². The Morgan fingerprint density at radius 1 is 1.38 bits per heavy atom. The molecule has 3 saturated carbocycles. The fraction of sp³-hybridized carbons (Fsp3) is 0.600. The highest BCUT2D eigenvalue weighted by molar-refractivity contribution is 6.25. The number of fused-ring (bicyclic) bond motifs is 3. The zero-order valence-electron chi connectivity index (χ0n) is 15.0. The molecule has 0 spiro atoms. The van der Waals surface area contributed by atoms with Crippen molar-refractivity contribution in [2.75, 3.05) is 14.2 Å². The molecule has 0 aromatic heterocycles. The number of Topliss-reactive ketones (excluding diaryl/α,β-unsaturated/α-hetero) is 1. The number of ketones is 1. The summed E-state index contributed by atoms with van der Waals surface area (Å²) in [5.74, 6) is 1.11. The Balaban J connectivity index is 1.68. The summed E-state index contributed by atoms with van der Waals surface area (Å²) in [5, 5.41) is 0. The van der Waals surface area contributed by atoms with Crippen molar-refractivity contribution < 1.29 is 23.8 Å².